The highest BCUT2D eigenvalue weighted by Crippen LogP contribution is 2.20. The number of hydrogen-bond acceptors (Lipinski definition) is 2. The second kappa shape index (κ2) is 8.95. The minimum atomic E-state index is -0.273. The number of nitrogens with zero attached hydrogens (tertiary/aromatic N) is 2. The molecule has 2 N–H and O–H groups in total. The summed E-state index contributed by atoms with van der Waals surface area (Å²) in [6.07, 6.45) is 4.83. The quantitative estimate of drug-likeness (QED) is 0.446. The predicted octanol–water partition coefficient (Wildman–Crippen LogP) is 4.72. The van der Waals surface area contributed by atoms with Crippen molar-refractivity contribution in [2.75, 3.05) is 13.6 Å². The van der Waals surface area contributed by atoms with Crippen LogP contribution in [0, 0.1) is 5.82 Å². The molecule has 0 spiro atoms. The molecule has 30 heavy (non-hydrogen) atoms. The normalized spacial score (nSPS) is 11.1. The lowest BCUT2D eigenvalue weighted by Crippen LogP contribution is -2.28. The molecular weight excluding hydrogens is 379 g/mol. The van der Waals surface area contributed by atoms with Crippen molar-refractivity contribution in [2.45, 2.75) is 25.7 Å². The van der Waals surface area contributed by atoms with E-state index in [1.165, 1.54) is 23.1 Å². The zero-order chi connectivity index (χ0) is 20.9. The smallest absolute Gasteiger partial charge is 0.222 e. The molecule has 0 radical (unpaired) electrons. The van der Waals surface area contributed by atoms with E-state index in [1.807, 2.05) is 43.6 Å². The molecule has 0 unspecified atom stereocenters. The van der Waals surface area contributed by atoms with Crippen molar-refractivity contribution in [2.24, 2.45) is 0 Å². The van der Waals surface area contributed by atoms with Crippen molar-refractivity contribution < 1.29 is 9.18 Å². The Balaban J connectivity index is 1.24. The second-order valence-electron chi connectivity index (χ2n) is 7.57. The van der Waals surface area contributed by atoms with Gasteiger partial charge in [-0.05, 0) is 49.1 Å². The van der Waals surface area contributed by atoms with Gasteiger partial charge in [0.2, 0.25) is 5.91 Å². The number of nitrogens with one attached hydrogen (secondary N) is 2. The number of amides is 1. The summed E-state index contributed by atoms with van der Waals surface area (Å²) in [5, 5.41) is 8.46. The molecule has 0 saturated carbocycles. The van der Waals surface area contributed by atoms with Gasteiger partial charge in [-0.15, -0.1) is 0 Å². The Labute approximate surface area is 174 Å². The van der Waals surface area contributed by atoms with Crippen LogP contribution in [0.3, 0.4) is 0 Å². The molecule has 0 bridgehead atoms. The number of aromatic nitrogens is 3. The van der Waals surface area contributed by atoms with Gasteiger partial charge in [0.25, 0.3) is 0 Å². The Hall–Kier alpha value is -3.41. The number of carbonyl (C=O) groups is 1. The maximum atomic E-state index is 13.4. The van der Waals surface area contributed by atoms with Gasteiger partial charge in [0.05, 0.1) is 5.69 Å². The molecular formula is C24H25FN4O. The fourth-order valence-corrected chi connectivity index (χ4v) is 3.69. The topological polar surface area (TPSA) is 64.8 Å². The number of halogens is 1. The van der Waals surface area contributed by atoms with Crippen LogP contribution in [0.25, 0.3) is 22.2 Å². The predicted molar refractivity (Wildman–Crippen MR) is 117 cm³/mol. The first-order chi connectivity index (χ1) is 14.6. The summed E-state index contributed by atoms with van der Waals surface area (Å²) in [6, 6.07) is 16.5. The summed E-state index contributed by atoms with van der Waals surface area (Å²) >= 11 is 0. The van der Waals surface area contributed by atoms with Crippen molar-refractivity contribution >= 4 is 16.8 Å². The van der Waals surface area contributed by atoms with Gasteiger partial charge in [-0.3, -0.25) is 9.89 Å². The zero-order valence-electron chi connectivity index (χ0n) is 17.0. The highest BCUT2D eigenvalue weighted by molar-refractivity contribution is 5.84. The molecule has 154 valence electrons. The largest absolute Gasteiger partial charge is 0.361 e. The van der Waals surface area contributed by atoms with Crippen LogP contribution in [0.15, 0.2) is 60.8 Å². The molecule has 2 heterocycles. The van der Waals surface area contributed by atoms with E-state index in [2.05, 4.69) is 21.2 Å². The Kier molecular flexibility index (Phi) is 5.93. The minimum Gasteiger partial charge on any atom is -0.361 e. The van der Waals surface area contributed by atoms with E-state index in [0.717, 1.165) is 41.7 Å². The van der Waals surface area contributed by atoms with Crippen molar-refractivity contribution in [3.05, 3.63) is 77.9 Å². The molecule has 0 saturated heterocycles. The molecule has 0 fully saturated rings. The van der Waals surface area contributed by atoms with Gasteiger partial charge in [0, 0.05) is 48.4 Å². The van der Waals surface area contributed by atoms with Crippen molar-refractivity contribution in [3.8, 4) is 11.3 Å². The van der Waals surface area contributed by atoms with E-state index in [1.54, 1.807) is 11.0 Å². The summed E-state index contributed by atoms with van der Waals surface area (Å²) in [5.41, 5.74) is 4.74. The average molecular weight is 404 g/mol. The number of aryl methyl sites for hydroxylation is 2. The molecule has 0 aliphatic rings. The third kappa shape index (κ3) is 4.59. The standard InChI is InChI=1S/C24H25FN4O/c1-29(24(30)12-11-18-16-26-22-10-3-2-9-21(18)22)13-5-8-20-15-23(28-27-20)17-6-4-7-19(25)14-17/h2-4,6-7,9-10,14-16,26H,5,8,11-13H2,1H3,(H,27,28). The number of para-hydroxylation sites is 1. The monoisotopic (exact) mass is 404 g/mol. The van der Waals surface area contributed by atoms with Crippen molar-refractivity contribution in [1.82, 2.24) is 20.1 Å². The highest BCUT2D eigenvalue weighted by Gasteiger charge is 2.11. The highest BCUT2D eigenvalue weighted by atomic mass is 19.1. The summed E-state index contributed by atoms with van der Waals surface area (Å²) in [4.78, 5) is 17.5. The van der Waals surface area contributed by atoms with E-state index in [4.69, 9.17) is 0 Å². The van der Waals surface area contributed by atoms with Crippen LogP contribution in [0.2, 0.25) is 0 Å². The van der Waals surface area contributed by atoms with Gasteiger partial charge in [0.15, 0.2) is 0 Å². The zero-order valence-corrected chi connectivity index (χ0v) is 17.0. The lowest BCUT2D eigenvalue weighted by Gasteiger charge is -2.16. The van der Waals surface area contributed by atoms with E-state index >= 15 is 0 Å². The van der Waals surface area contributed by atoms with Gasteiger partial charge in [0.1, 0.15) is 5.82 Å². The summed E-state index contributed by atoms with van der Waals surface area (Å²) in [6.45, 7) is 0.682. The molecule has 2 aromatic heterocycles. The lowest BCUT2D eigenvalue weighted by molar-refractivity contribution is -0.129. The van der Waals surface area contributed by atoms with Crippen LogP contribution in [0.5, 0.6) is 0 Å². The number of hydrogen-bond donors (Lipinski definition) is 2. The van der Waals surface area contributed by atoms with Crippen LogP contribution in [-0.2, 0) is 17.6 Å². The maximum Gasteiger partial charge on any atom is 0.222 e. The fraction of sp³-hybridized carbons (Fsp3) is 0.250. The number of aromatic amines is 2. The van der Waals surface area contributed by atoms with Crippen LogP contribution in [-0.4, -0.2) is 39.6 Å². The molecule has 2 aromatic carbocycles. The molecule has 1 amide bonds. The first-order valence-corrected chi connectivity index (χ1v) is 10.2. The Morgan fingerprint density at radius 2 is 1.97 bits per heavy atom. The Morgan fingerprint density at radius 1 is 1.10 bits per heavy atom. The molecule has 0 aliphatic carbocycles. The summed E-state index contributed by atoms with van der Waals surface area (Å²) < 4.78 is 13.4. The molecule has 6 heteroatoms. The number of benzene rings is 2. The van der Waals surface area contributed by atoms with Gasteiger partial charge in [-0.1, -0.05) is 30.3 Å². The minimum absolute atomic E-state index is 0.144. The first kappa shape index (κ1) is 19.9. The van der Waals surface area contributed by atoms with E-state index in [9.17, 15) is 9.18 Å². The van der Waals surface area contributed by atoms with Crippen molar-refractivity contribution in [1.29, 1.82) is 0 Å². The molecule has 4 rings (SSSR count). The lowest BCUT2D eigenvalue weighted by atomic mass is 10.1. The van der Waals surface area contributed by atoms with Crippen LogP contribution < -0.4 is 0 Å². The van der Waals surface area contributed by atoms with Gasteiger partial charge < -0.3 is 9.88 Å². The molecule has 0 aliphatic heterocycles. The van der Waals surface area contributed by atoms with E-state index in [-0.39, 0.29) is 11.7 Å². The molecule has 5 nitrogen and oxygen atoms in total. The third-order valence-corrected chi connectivity index (χ3v) is 5.40. The summed E-state index contributed by atoms with van der Waals surface area (Å²) in [5.74, 6) is -0.129. The molecule has 0 atom stereocenters. The Morgan fingerprint density at radius 3 is 2.83 bits per heavy atom. The van der Waals surface area contributed by atoms with E-state index in [0.29, 0.717) is 13.0 Å². The fourth-order valence-electron chi connectivity index (χ4n) is 3.69. The number of fused-ring (bicyclic) bond motifs is 1. The number of rotatable bonds is 8. The number of H-pyrrole nitrogens is 2. The van der Waals surface area contributed by atoms with Gasteiger partial charge in [-0.25, -0.2) is 4.39 Å². The van der Waals surface area contributed by atoms with Crippen LogP contribution in [0.1, 0.15) is 24.1 Å². The molecule has 4 aromatic rings. The summed E-state index contributed by atoms with van der Waals surface area (Å²) in [7, 11) is 1.85. The maximum absolute atomic E-state index is 13.4. The van der Waals surface area contributed by atoms with Crippen molar-refractivity contribution in [3.63, 3.8) is 0 Å². The average Bonchev–Trinajstić information content (AvgIpc) is 3.39. The second-order valence-corrected chi connectivity index (χ2v) is 7.57. The SMILES string of the molecule is CN(CCCc1cc(-c2cccc(F)c2)n[nH]1)C(=O)CCc1c[nH]c2ccccc12. The third-order valence-electron chi connectivity index (χ3n) is 5.40. The van der Waals surface area contributed by atoms with Gasteiger partial charge in [-0.2, -0.15) is 5.10 Å². The Bertz CT molecular complexity index is 1150. The van der Waals surface area contributed by atoms with Crippen LogP contribution in [0.4, 0.5) is 4.39 Å². The number of carbonyl (C=O) groups excluding carboxylic acids is 1. The van der Waals surface area contributed by atoms with Gasteiger partial charge >= 0.3 is 0 Å². The van der Waals surface area contributed by atoms with Crippen LogP contribution >= 0.6 is 0 Å². The first-order valence-electron chi connectivity index (χ1n) is 10.2. The van der Waals surface area contributed by atoms with E-state index < -0.39 is 0 Å².